The molecular weight excluding hydrogens is 342 g/mol. The van der Waals surface area contributed by atoms with E-state index in [1.54, 1.807) is 42.5 Å². The lowest BCUT2D eigenvalue weighted by atomic mass is 9.93. The van der Waals surface area contributed by atoms with Gasteiger partial charge in [0.25, 0.3) is 11.8 Å². The van der Waals surface area contributed by atoms with Crippen LogP contribution in [0.4, 0.5) is 5.69 Å². The molecule has 0 radical (unpaired) electrons. The van der Waals surface area contributed by atoms with Gasteiger partial charge in [0.1, 0.15) is 0 Å². The molecule has 25 heavy (non-hydrogen) atoms. The minimum absolute atomic E-state index is 0.0441. The zero-order valence-corrected chi connectivity index (χ0v) is 13.4. The third-order valence-electron chi connectivity index (χ3n) is 4.23. The van der Waals surface area contributed by atoms with Crippen molar-refractivity contribution < 1.29 is 19.5 Å². The lowest BCUT2D eigenvalue weighted by molar-refractivity contribution is 0.0698. The molecule has 1 N–H and O–H groups in total. The zero-order valence-electron chi connectivity index (χ0n) is 12.7. The minimum Gasteiger partial charge on any atom is -0.478 e. The Morgan fingerprint density at radius 1 is 0.880 bits per heavy atom. The van der Waals surface area contributed by atoms with Gasteiger partial charge in [-0.1, -0.05) is 35.9 Å². The molecule has 0 saturated carbocycles. The van der Waals surface area contributed by atoms with Crippen molar-refractivity contribution in [1.82, 2.24) is 0 Å². The molecule has 1 heterocycles. The largest absolute Gasteiger partial charge is 0.478 e. The van der Waals surface area contributed by atoms with Crippen molar-refractivity contribution in [3.8, 4) is 0 Å². The fourth-order valence-corrected chi connectivity index (χ4v) is 3.35. The predicted molar refractivity (Wildman–Crippen MR) is 93.5 cm³/mol. The highest BCUT2D eigenvalue weighted by molar-refractivity contribution is 6.41. The van der Waals surface area contributed by atoms with E-state index in [1.807, 2.05) is 0 Å². The number of carbonyl (C=O) groups excluding carboxylic acids is 2. The van der Waals surface area contributed by atoms with E-state index in [4.69, 9.17) is 11.6 Å². The highest BCUT2D eigenvalue weighted by Gasteiger charge is 2.36. The number of imide groups is 1. The second kappa shape index (κ2) is 5.43. The first kappa shape index (κ1) is 15.4. The number of carbonyl (C=O) groups is 3. The molecule has 0 atom stereocenters. The zero-order chi connectivity index (χ0) is 17.7. The lowest BCUT2D eigenvalue weighted by Gasteiger charge is -2.28. The Labute approximate surface area is 147 Å². The van der Waals surface area contributed by atoms with Crippen LogP contribution in [0.2, 0.25) is 5.02 Å². The third-order valence-corrected chi connectivity index (χ3v) is 4.56. The van der Waals surface area contributed by atoms with Gasteiger partial charge < -0.3 is 5.11 Å². The molecule has 5 nitrogen and oxygen atoms in total. The molecule has 1 aliphatic rings. The Morgan fingerprint density at radius 3 is 2.28 bits per heavy atom. The molecule has 0 unspecified atom stereocenters. The van der Waals surface area contributed by atoms with Crippen molar-refractivity contribution in [1.29, 1.82) is 0 Å². The Balaban J connectivity index is 2.02. The van der Waals surface area contributed by atoms with Gasteiger partial charge in [-0.2, -0.15) is 0 Å². The SMILES string of the molecule is O=C(O)c1ccccc1N1C(=O)c2cccc3c(Cl)ccc(c23)C1=O. The first-order chi connectivity index (χ1) is 12.0. The molecule has 0 fully saturated rings. The second-order valence-corrected chi connectivity index (χ2v) is 6.00. The van der Waals surface area contributed by atoms with Crippen molar-refractivity contribution >= 4 is 45.8 Å². The van der Waals surface area contributed by atoms with Crippen molar-refractivity contribution in [3.05, 3.63) is 76.3 Å². The number of para-hydroxylation sites is 1. The summed E-state index contributed by atoms with van der Waals surface area (Å²) in [6, 6.07) is 14.1. The van der Waals surface area contributed by atoms with Crippen LogP contribution < -0.4 is 4.90 Å². The highest BCUT2D eigenvalue weighted by Crippen LogP contribution is 2.36. The van der Waals surface area contributed by atoms with E-state index in [1.165, 1.54) is 12.1 Å². The molecule has 4 rings (SSSR count). The summed E-state index contributed by atoms with van der Waals surface area (Å²) in [5.41, 5.74) is 0.556. The number of hydrogen-bond donors (Lipinski definition) is 1. The number of amides is 2. The smallest absolute Gasteiger partial charge is 0.337 e. The molecule has 0 bridgehead atoms. The summed E-state index contributed by atoms with van der Waals surface area (Å²) in [4.78, 5) is 38.3. The van der Waals surface area contributed by atoms with Gasteiger partial charge in [-0.15, -0.1) is 0 Å². The van der Waals surface area contributed by atoms with E-state index in [-0.39, 0.29) is 11.3 Å². The molecule has 2 amide bonds. The summed E-state index contributed by atoms with van der Waals surface area (Å²) < 4.78 is 0. The molecule has 3 aromatic rings. The first-order valence-electron chi connectivity index (χ1n) is 7.43. The number of carboxylic acids is 1. The highest BCUT2D eigenvalue weighted by atomic mass is 35.5. The van der Waals surface area contributed by atoms with E-state index in [9.17, 15) is 19.5 Å². The fraction of sp³-hybridized carbons (Fsp3) is 0. The molecule has 6 heteroatoms. The maximum absolute atomic E-state index is 13.0. The number of rotatable bonds is 2. The number of hydrogen-bond acceptors (Lipinski definition) is 3. The predicted octanol–water partition coefficient (Wildman–Crippen LogP) is 3.99. The third kappa shape index (κ3) is 2.13. The van der Waals surface area contributed by atoms with Crippen molar-refractivity contribution in [2.45, 2.75) is 0 Å². The van der Waals surface area contributed by atoms with Gasteiger partial charge in [0.15, 0.2) is 0 Å². The Kier molecular flexibility index (Phi) is 3.33. The number of aromatic carboxylic acids is 1. The van der Waals surface area contributed by atoms with Crippen molar-refractivity contribution in [2.24, 2.45) is 0 Å². The van der Waals surface area contributed by atoms with Gasteiger partial charge in [-0.25, -0.2) is 9.69 Å². The molecule has 1 aliphatic heterocycles. The molecule has 0 aromatic heterocycles. The minimum atomic E-state index is -1.21. The van der Waals surface area contributed by atoms with Crippen LogP contribution in [0, 0.1) is 0 Å². The maximum Gasteiger partial charge on any atom is 0.337 e. The van der Waals surface area contributed by atoms with Crippen LogP contribution in [0.1, 0.15) is 31.1 Å². The lowest BCUT2D eigenvalue weighted by Crippen LogP contribution is -2.41. The van der Waals surface area contributed by atoms with E-state index in [2.05, 4.69) is 0 Å². The van der Waals surface area contributed by atoms with E-state index in [0.717, 1.165) is 4.90 Å². The van der Waals surface area contributed by atoms with Crippen LogP contribution in [0.5, 0.6) is 0 Å². The molecule has 3 aromatic carbocycles. The summed E-state index contributed by atoms with van der Waals surface area (Å²) in [7, 11) is 0. The maximum atomic E-state index is 13.0. The molecule has 122 valence electrons. The fourth-order valence-electron chi connectivity index (χ4n) is 3.13. The number of benzene rings is 3. The van der Waals surface area contributed by atoms with Crippen LogP contribution in [0.3, 0.4) is 0 Å². The summed E-state index contributed by atoms with van der Waals surface area (Å²) in [6.45, 7) is 0. The van der Waals surface area contributed by atoms with Gasteiger partial charge in [-0.05, 0) is 30.3 Å². The summed E-state index contributed by atoms with van der Waals surface area (Å²) >= 11 is 6.18. The topological polar surface area (TPSA) is 74.7 Å². The monoisotopic (exact) mass is 351 g/mol. The first-order valence-corrected chi connectivity index (χ1v) is 7.81. The van der Waals surface area contributed by atoms with Crippen LogP contribution in [-0.2, 0) is 0 Å². The quantitative estimate of drug-likeness (QED) is 0.708. The Bertz CT molecular complexity index is 1070. The van der Waals surface area contributed by atoms with Crippen molar-refractivity contribution in [3.63, 3.8) is 0 Å². The normalized spacial score (nSPS) is 13.4. The van der Waals surface area contributed by atoms with E-state index in [0.29, 0.717) is 26.9 Å². The summed E-state index contributed by atoms with van der Waals surface area (Å²) in [5, 5.41) is 10.9. The molecule has 0 saturated heterocycles. The number of nitrogens with zero attached hydrogens (tertiary/aromatic N) is 1. The summed E-state index contributed by atoms with van der Waals surface area (Å²) in [5.74, 6) is -2.35. The number of halogens is 1. The number of anilines is 1. The van der Waals surface area contributed by atoms with Crippen LogP contribution >= 0.6 is 11.6 Å². The van der Waals surface area contributed by atoms with E-state index >= 15 is 0 Å². The Hall–Kier alpha value is -3.18. The van der Waals surface area contributed by atoms with Crippen molar-refractivity contribution in [2.75, 3.05) is 4.90 Å². The van der Waals surface area contributed by atoms with Gasteiger partial charge in [-0.3, -0.25) is 9.59 Å². The van der Waals surface area contributed by atoms with Crippen LogP contribution in [0.25, 0.3) is 10.8 Å². The molecule has 0 spiro atoms. The van der Waals surface area contributed by atoms with Crippen LogP contribution in [-0.4, -0.2) is 22.9 Å². The average molecular weight is 352 g/mol. The molecular formula is C19H10ClNO4. The Morgan fingerprint density at radius 2 is 1.56 bits per heavy atom. The molecule has 0 aliphatic carbocycles. The van der Waals surface area contributed by atoms with Crippen LogP contribution in [0.15, 0.2) is 54.6 Å². The van der Waals surface area contributed by atoms with E-state index < -0.39 is 17.8 Å². The average Bonchev–Trinajstić information content (AvgIpc) is 2.61. The van der Waals surface area contributed by atoms with Gasteiger partial charge in [0.2, 0.25) is 0 Å². The summed E-state index contributed by atoms with van der Waals surface area (Å²) in [6.07, 6.45) is 0. The van der Waals surface area contributed by atoms with Gasteiger partial charge in [0, 0.05) is 26.9 Å². The second-order valence-electron chi connectivity index (χ2n) is 5.59. The van der Waals surface area contributed by atoms with Gasteiger partial charge in [0.05, 0.1) is 11.3 Å². The van der Waals surface area contributed by atoms with Gasteiger partial charge >= 0.3 is 5.97 Å². The standard InChI is InChI=1S/C19H10ClNO4/c20-14-9-8-13-16-10(14)5-3-6-12(16)17(22)21(18(13)23)15-7-2-1-4-11(15)19(24)25/h1-9H,(H,24,25). The number of carboxylic acid groups (broad SMARTS) is 1.